The van der Waals surface area contributed by atoms with Gasteiger partial charge in [0.2, 0.25) is 16.9 Å². The highest BCUT2D eigenvalue weighted by molar-refractivity contribution is 5.94. The van der Waals surface area contributed by atoms with Crippen molar-refractivity contribution in [2.24, 2.45) is 0 Å². The molecule has 0 aliphatic carbocycles. The molecular weight excluding hydrogens is 312 g/mol. The summed E-state index contributed by atoms with van der Waals surface area (Å²) >= 11 is 0. The molecule has 24 heavy (non-hydrogen) atoms. The van der Waals surface area contributed by atoms with Crippen molar-refractivity contribution in [3.05, 3.63) is 46.1 Å². The lowest BCUT2D eigenvalue weighted by atomic mass is 10.1. The van der Waals surface area contributed by atoms with Gasteiger partial charge in [0.1, 0.15) is 11.1 Å². The van der Waals surface area contributed by atoms with E-state index in [4.69, 9.17) is 13.9 Å². The Labute approximate surface area is 137 Å². The number of hydrogen-bond acceptors (Lipinski definition) is 6. The first-order valence-electron chi connectivity index (χ1n) is 7.20. The first-order chi connectivity index (χ1) is 11.5. The van der Waals surface area contributed by atoms with E-state index in [0.29, 0.717) is 5.56 Å². The molecule has 0 spiro atoms. The topological polar surface area (TPSA) is 89.1 Å². The molecule has 1 heterocycles. The number of phenolic OH excluding ortho intramolecular Hbond substituents is 2. The minimum Gasteiger partial charge on any atom is -0.507 e. The Morgan fingerprint density at radius 3 is 2.17 bits per heavy atom. The fourth-order valence-electron chi connectivity index (χ4n) is 2.69. The molecule has 0 fully saturated rings. The van der Waals surface area contributed by atoms with E-state index >= 15 is 0 Å². The number of benzene rings is 2. The summed E-state index contributed by atoms with van der Waals surface area (Å²) in [6.45, 7) is 1.53. The van der Waals surface area contributed by atoms with E-state index in [1.54, 1.807) is 24.3 Å². The van der Waals surface area contributed by atoms with Crippen LogP contribution in [0.4, 0.5) is 0 Å². The van der Waals surface area contributed by atoms with E-state index in [1.165, 1.54) is 21.1 Å². The summed E-state index contributed by atoms with van der Waals surface area (Å²) in [7, 11) is 2.70. The van der Waals surface area contributed by atoms with Crippen LogP contribution in [0.15, 0.2) is 39.5 Å². The molecule has 1 aromatic heterocycles. The monoisotopic (exact) mass is 328 g/mol. The van der Waals surface area contributed by atoms with Gasteiger partial charge in [0.25, 0.3) is 0 Å². The van der Waals surface area contributed by atoms with Crippen molar-refractivity contribution in [2.75, 3.05) is 14.2 Å². The number of phenols is 2. The van der Waals surface area contributed by atoms with E-state index < -0.39 is 5.43 Å². The molecule has 3 aromatic rings. The van der Waals surface area contributed by atoms with Gasteiger partial charge in [-0.1, -0.05) is 30.3 Å². The molecule has 6 nitrogen and oxygen atoms in total. The second kappa shape index (κ2) is 5.81. The third kappa shape index (κ3) is 2.15. The first kappa shape index (κ1) is 15.7. The van der Waals surface area contributed by atoms with Crippen molar-refractivity contribution in [1.82, 2.24) is 0 Å². The number of ether oxygens (including phenoxy) is 2. The number of fused-ring (bicyclic) bond motifs is 1. The van der Waals surface area contributed by atoms with Gasteiger partial charge in [-0.25, -0.2) is 0 Å². The molecule has 0 saturated heterocycles. The molecule has 0 atom stereocenters. The Kier molecular flexibility index (Phi) is 3.81. The van der Waals surface area contributed by atoms with Gasteiger partial charge in [-0.05, 0) is 6.92 Å². The summed E-state index contributed by atoms with van der Waals surface area (Å²) in [5, 5.41) is 20.6. The van der Waals surface area contributed by atoms with Crippen LogP contribution in [0.5, 0.6) is 23.0 Å². The van der Waals surface area contributed by atoms with Crippen molar-refractivity contribution in [2.45, 2.75) is 6.92 Å². The van der Waals surface area contributed by atoms with Gasteiger partial charge in [-0.3, -0.25) is 4.79 Å². The Balaban J connectivity index is 2.52. The van der Waals surface area contributed by atoms with Gasteiger partial charge in [-0.15, -0.1) is 0 Å². The van der Waals surface area contributed by atoms with E-state index in [9.17, 15) is 15.0 Å². The van der Waals surface area contributed by atoms with E-state index in [-0.39, 0.29) is 45.3 Å². The smallest absolute Gasteiger partial charge is 0.239 e. The number of aromatic hydroxyl groups is 2. The van der Waals surface area contributed by atoms with Crippen LogP contribution in [0.1, 0.15) is 5.56 Å². The molecule has 2 N–H and O–H groups in total. The van der Waals surface area contributed by atoms with Crippen molar-refractivity contribution in [1.29, 1.82) is 0 Å². The quantitative estimate of drug-likeness (QED) is 0.718. The first-order valence-corrected chi connectivity index (χ1v) is 7.20. The molecule has 0 aliphatic heterocycles. The predicted molar refractivity (Wildman–Crippen MR) is 89.1 cm³/mol. The lowest BCUT2D eigenvalue weighted by Gasteiger charge is -2.14. The molecule has 0 radical (unpaired) electrons. The maximum absolute atomic E-state index is 12.8. The fourth-order valence-corrected chi connectivity index (χ4v) is 2.69. The van der Waals surface area contributed by atoms with E-state index in [1.807, 2.05) is 6.07 Å². The molecule has 0 unspecified atom stereocenters. The van der Waals surface area contributed by atoms with Gasteiger partial charge < -0.3 is 24.1 Å². The van der Waals surface area contributed by atoms with Crippen LogP contribution in [0.3, 0.4) is 0 Å². The Morgan fingerprint density at radius 1 is 0.958 bits per heavy atom. The van der Waals surface area contributed by atoms with Crippen LogP contribution in [0.25, 0.3) is 22.3 Å². The van der Waals surface area contributed by atoms with Crippen molar-refractivity contribution >= 4 is 11.0 Å². The zero-order valence-electron chi connectivity index (χ0n) is 13.4. The van der Waals surface area contributed by atoms with Gasteiger partial charge in [0, 0.05) is 11.1 Å². The van der Waals surface area contributed by atoms with Crippen LogP contribution >= 0.6 is 0 Å². The second-order valence-electron chi connectivity index (χ2n) is 5.22. The van der Waals surface area contributed by atoms with Gasteiger partial charge in [-0.2, -0.15) is 0 Å². The Bertz CT molecular complexity index is 973. The molecule has 0 bridgehead atoms. The minimum atomic E-state index is -0.573. The van der Waals surface area contributed by atoms with Crippen LogP contribution in [-0.4, -0.2) is 24.4 Å². The van der Waals surface area contributed by atoms with Gasteiger partial charge in [0.05, 0.1) is 14.2 Å². The summed E-state index contributed by atoms with van der Waals surface area (Å²) < 4.78 is 16.0. The van der Waals surface area contributed by atoms with Crippen LogP contribution in [0, 0.1) is 6.92 Å². The zero-order chi connectivity index (χ0) is 17.4. The summed E-state index contributed by atoms with van der Waals surface area (Å²) in [4.78, 5) is 12.8. The molecule has 2 aromatic carbocycles. The third-order valence-electron chi connectivity index (χ3n) is 3.88. The number of hydrogen-bond donors (Lipinski definition) is 2. The highest BCUT2D eigenvalue weighted by atomic mass is 16.5. The van der Waals surface area contributed by atoms with Crippen LogP contribution in [0.2, 0.25) is 0 Å². The predicted octanol–water partition coefficient (Wildman–Crippen LogP) is 3.20. The summed E-state index contributed by atoms with van der Waals surface area (Å²) in [6, 6.07) is 8.88. The fraction of sp³-hybridized carbons (Fsp3) is 0.167. The highest BCUT2D eigenvalue weighted by Gasteiger charge is 2.25. The Hall–Kier alpha value is -3.15. The third-order valence-corrected chi connectivity index (χ3v) is 3.88. The minimum absolute atomic E-state index is 0.0482. The molecular formula is C18H16O6. The second-order valence-corrected chi connectivity index (χ2v) is 5.22. The van der Waals surface area contributed by atoms with Crippen LogP contribution < -0.4 is 14.9 Å². The molecule has 0 amide bonds. The normalized spacial score (nSPS) is 10.8. The van der Waals surface area contributed by atoms with Gasteiger partial charge in [0.15, 0.2) is 17.1 Å². The SMILES string of the molecule is COc1c(C)c(O)c2c(=O)c(OC)c(-c3ccccc3)oc2c1O. The summed E-state index contributed by atoms with van der Waals surface area (Å²) in [6.07, 6.45) is 0. The lowest BCUT2D eigenvalue weighted by Crippen LogP contribution is -2.09. The van der Waals surface area contributed by atoms with Gasteiger partial charge >= 0.3 is 0 Å². The highest BCUT2D eigenvalue weighted by Crippen LogP contribution is 2.45. The van der Waals surface area contributed by atoms with Crippen LogP contribution in [-0.2, 0) is 0 Å². The number of rotatable bonds is 3. The van der Waals surface area contributed by atoms with E-state index in [0.717, 1.165) is 0 Å². The average molecular weight is 328 g/mol. The van der Waals surface area contributed by atoms with Crippen molar-refractivity contribution < 1.29 is 24.1 Å². The lowest BCUT2D eigenvalue weighted by molar-refractivity contribution is 0.361. The molecule has 6 heteroatoms. The molecule has 3 rings (SSSR count). The molecule has 124 valence electrons. The summed E-state index contributed by atoms with van der Waals surface area (Å²) in [5.41, 5.74) is 0.117. The molecule has 0 saturated carbocycles. The van der Waals surface area contributed by atoms with Crippen molar-refractivity contribution in [3.63, 3.8) is 0 Å². The maximum atomic E-state index is 12.8. The maximum Gasteiger partial charge on any atom is 0.239 e. The largest absolute Gasteiger partial charge is 0.507 e. The Morgan fingerprint density at radius 2 is 1.58 bits per heavy atom. The summed E-state index contributed by atoms with van der Waals surface area (Å²) in [5.74, 6) is -0.498. The number of methoxy groups -OCH3 is 2. The molecule has 0 aliphatic rings. The standard InChI is InChI=1S/C18H16O6/c1-9-12(19)11-13(20)18(23-3)16(10-7-5-4-6-8-10)24-17(11)14(21)15(9)22-2/h4-8,19,21H,1-3H3. The van der Waals surface area contributed by atoms with Crippen molar-refractivity contribution in [3.8, 4) is 34.3 Å². The van der Waals surface area contributed by atoms with E-state index in [2.05, 4.69) is 0 Å². The zero-order valence-corrected chi connectivity index (χ0v) is 13.4. The average Bonchev–Trinajstić information content (AvgIpc) is 2.60.